The first-order valence-electron chi connectivity index (χ1n) is 10.9. The van der Waals surface area contributed by atoms with E-state index in [1.54, 1.807) is 7.11 Å². The van der Waals surface area contributed by atoms with Crippen LogP contribution in [0.15, 0.2) is 60.7 Å². The molecule has 0 spiro atoms. The number of hydrogen-bond acceptors (Lipinski definition) is 5. The molecule has 0 unspecified atom stereocenters. The molecule has 0 bridgehead atoms. The zero-order valence-corrected chi connectivity index (χ0v) is 19.9. The van der Waals surface area contributed by atoms with Gasteiger partial charge in [0.05, 0.1) is 19.3 Å². The van der Waals surface area contributed by atoms with E-state index in [4.69, 9.17) is 18.9 Å². The number of rotatable bonds is 12. The molecule has 6 heteroatoms. The van der Waals surface area contributed by atoms with Gasteiger partial charge in [-0.1, -0.05) is 96.4 Å². The smallest absolute Gasteiger partial charge is 0.189 e. The minimum Gasteiger partial charge on any atom is -0.382 e. The SMILES string of the molecule is CCCC[C@@]1(O)[C@H](OC)O[C@H]([C@@H](CBr)OCc2ccccc2)[C@@H]1OCc1ccccc1. The molecule has 0 aromatic heterocycles. The summed E-state index contributed by atoms with van der Waals surface area (Å²) in [6.45, 7) is 2.93. The van der Waals surface area contributed by atoms with E-state index in [9.17, 15) is 5.11 Å². The van der Waals surface area contributed by atoms with E-state index in [1.807, 2.05) is 60.7 Å². The van der Waals surface area contributed by atoms with Gasteiger partial charge in [0.1, 0.15) is 17.8 Å². The van der Waals surface area contributed by atoms with Crippen LogP contribution in [0.1, 0.15) is 37.3 Å². The molecule has 1 heterocycles. The quantitative estimate of drug-likeness (QED) is 0.429. The number of ether oxygens (including phenoxy) is 4. The van der Waals surface area contributed by atoms with E-state index < -0.39 is 24.1 Å². The summed E-state index contributed by atoms with van der Waals surface area (Å²) in [6.07, 6.45) is 0.205. The van der Waals surface area contributed by atoms with Crippen molar-refractivity contribution in [3.63, 3.8) is 0 Å². The van der Waals surface area contributed by atoms with Gasteiger partial charge in [-0.25, -0.2) is 0 Å². The van der Waals surface area contributed by atoms with Gasteiger partial charge in [0.15, 0.2) is 6.29 Å². The first-order chi connectivity index (χ1) is 15.1. The van der Waals surface area contributed by atoms with Crippen molar-refractivity contribution >= 4 is 15.9 Å². The van der Waals surface area contributed by atoms with Crippen molar-refractivity contribution in [1.29, 1.82) is 0 Å². The van der Waals surface area contributed by atoms with Crippen LogP contribution in [-0.2, 0) is 32.2 Å². The fourth-order valence-electron chi connectivity index (χ4n) is 4.02. The summed E-state index contributed by atoms with van der Waals surface area (Å²) in [6, 6.07) is 20.0. The van der Waals surface area contributed by atoms with Gasteiger partial charge in [0, 0.05) is 12.4 Å². The standard InChI is InChI=1S/C25H33BrO5/c1-3-4-15-25(27)23(30-18-20-13-9-6-10-14-20)22(31-24(25)28-2)21(16-26)29-17-19-11-7-5-8-12-19/h5-14,21-24,27H,3-4,15-18H2,1-2H3/t21-,22-,23+,24-,25+/m1/s1. The monoisotopic (exact) mass is 492 g/mol. The summed E-state index contributed by atoms with van der Waals surface area (Å²) >= 11 is 3.57. The molecule has 5 atom stereocenters. The van der Waals surface area contributed by atoms with Crippen LogP contribution in [0.5, 0.6) is 0 Å². The Hall–Kier alpha value is -1.28. The average molecular weight is 493 g/mol. The lowest BCUT2D eigenvalue weighted by molar-refractivity contribution is -0.203. The fraction of sp³-hybridized carbons (Fsp3) is 0.520. The normalized spacial score (nSPS) is 26.8. The molecule has 1 aliphatic heterocycles. The van der Waals surface area contributed by atoms with Crippen molar-refractivity contribution in [2.75, 3.05) is 12.4 Å². The molecular weight excluding hydrogens is 460 g/mol. The first kappa shape index (κ1) is 24.4. The summed E-state index contributed by atoms with van der Waals surface area (Å²) in [5.74, 6) is 0. The van der Waals surface area contributed by atoms with Gasteiger partial charge in [0.2, 0.25) is 0 Å². The second-order valence-electron chi connectivity index (χ2n) is 7.97. The Morgan fingerprint density at radius 2 is 1.65 bits per heavy atom. The molecule has 1 saturated heterocycles. The van der Waals surface area contributed by atoms with Gasteiger partial charge < -0.3 is 24.1 Å². The minimum atomic E-state index is -1.25. The van der Waals surface area contributed by atoms with Crippen LogP contribution < -0.4 is 0 Å². The van der Waals surface area contributed by atoms with Crippen molar-refractivity contribution < 1.29 is 24.1 Å². The third-order valence-corrected chi connectivity index (χ3v) is 6.36. The maximum atomic E-state index is 11.7. The fourth-order valence-corrected chi connectivity index (χ4v) is 4.57. The van der Waals surface area contributed by atoms with E-state index in [1.165, 1.54) is 0 Å². The number of benzene rings is 2. The molecule has 3 rings (SSSR count). The molecule has 0 aliphatic carbocycles. The third-order valence-electron chi connectivity index (χ3n) is 5.72. The van der Waals surface area contributed by atoms with Crippen LogP contribution in [0.25, 0.3) is 0 Å². The molecule has 1 aliphatic rings. The van der Waals surface area contributed by atoms with Crippen molar-refractivity contribution in [2.24, 2.45) is 0 Å². The van der Waals surface area contributed by atoms with E-state index in [0.29, 0.717) is 25.0 Å². The second-order valence-corrected chi connectivity index (χ2v) is 8.62. The van der Waals surface area contributed by atoms with Crippen molar-refractivity contribution in [3.05, 3.63) is 71.8 Å². The predicted molar refractivity (Wildman–Crippen MR) is 124 cm³/mol. The van der Waals surface area contributed by atoms with Crippen LogP contribution in [0, 0.1) is 0 Å². The average Bonchev–Trinajstić information content (AvgIpc) is 3.09. The number of methoxy groups -OCH3 is 1. The molecular formula is C25H33BrO5. The Kier molecular flexibility index (Phi) is 9.50. The predicted octanol–water partition coefficient (Wildman–Crippen LogP) is 4.84. The van der Waals surface area contributed by atoms with Crippen LogP contribution in [-0.4, -0.2) is 47.7 Å². The molecule has 0 saturated carbocycles. The van der Waals surface area contributed by atoms with Gasteiger partial charge in [-0.3, -0.25) is 0 Å². The van der Waals surface area contributed by atoms with Crippen molar-refractivity contribution in [3.8, 4) is 0 Å². The molecule has 1 fully saturated rings. The highest BCUT2D eigenvalue weighted by molar-refractivity contribution is 9.09. The lowest BCUT2D eigenvalue weighted by atomic mass is 9.88. The van der Waals surface area contributed by atoms with Crippen molar-refractivity contribution in [2.45, 2.75) is 69.6 Å². The molecule has 170 valence electrons. The zero-order chi connectivity index (χ0) is 22.1. The minimum absolute atomic E-state index is 0.311. The lowest BCUT2D eigenvalue weighted by Gasteiger charge is -2.34. The summed E-state index contributed by atoms with van der Waals surface area (Å²) in [7, 11) is 1.56. The highest BCUT2D eigenvalue weighted by Gasteiger charge is 2.58. The van der Waals surface area contributed by atoms with E-state index in [0.717, 1.165) is 24.0 Å². The van der Waals surface area contributed by atoms with Gasteiger partial charge in [-0.15, -0.1) is 0 Å². The number of halogens is 1. The van der Waals surface area contributed by atoms with E-state index in [2.05, 4.69) is 22.9 Å². The Morgan fingerprint density at radius 1 is 1.03 bits per heavy atom. The van der Waals surface area contributed by atoms with Crippen LogP contribution in [0.4, 0.5) is 0 Å². The topological polar surface area (TPSA) is 57.2 Å². The highest BCUT2D eigenvalue weighted by atomic mass is 79.9. The molecule has 31 heavy (non-hydrogen) atoms. The second kappa shape index (κ2) is 12.1. The molecule has 5 nitrogen and oxygen atoms in total. The zero-order valence-electron chi connectivity index (χ0n) is 18.3. The molecule has 2 aromatic carbocycles. The first-order valence-corrected chi connectivity index (χ1v) is 12.0. The summed E-state index contributed by atoms with van der Waals surface area (Å²) in [5, 5.41) is 12.2. The molecule has 0 amide bonds. The Bertz CT molecular complexity index is 759. The van der Waals surface area contributed by atoms with Gasteiger partial charge in [0.25, 0.3) is 0 Å². The summed E-state index contributed by atoms with van der Waals surface area (Å²) in [4.78, 5) is 0. The van der Waals surface area contributed by atoms with Crippen molar-refractivity contribution in [1.82, 2.24) is 0 Å². The number of alkyl halides is 1. The van der Waals surface area contributed by atoms with Crippen LogP contribution in [0.3, 0.4) is 0 Å². The van der Waals surface area contributed by atoms with Gasteiger partial charge >= 0.3 is 0 Å². The van der Waals surface area contributed by atoms with Crippen LogP contribution >= 0.6 is 15.9 Å². The molecule has 1 N–H and O–H groups in total. The summed E-state index contributed by atoms with van der Waals surface area (Å²) < 4.78 is 24.3. The van der Waals surface area contributed by atoms with E-state index in [-0.39, 0.29) is 6.10 Å². The Balaban J connectivity index is 1.79. The Labute approximate surface area is 193 Å². The van der Waals surface area contributed by atoms with Gasteiger partial charge in [-0.2, -0.15) is 0 Å². The van der Waals surface area contributed by atoms with E-state index >= 15 is 0 Å². The maximum absolute atomic E-state index is 11.7. The maximum Gasteiger partial charge on any atom is 0.189 e. The number of aliphatic hydroxyl groups is 1. The largest absolute Gasteiger partial charge is 0.382 e. The number of hydrogen-bond donors (Lipinski definition) is 1. The Morgan fingerprint density at radius 3 is 2.19 bits per heavy atom. The highest BCUT2D eigenvalue weighted by Crippen LogP contribution is 2.40. The molecule has 0 radical (unpaired) electrons. The lowest BCUT2D eigenvalue weighted by Crippen LogP contribution is -2.52. The van der Waals surface area contributed by atoms with Gasteiger partial charge in [-0.05, 0) is 17.5 Å². The third kappa shape index (κ3) is 6.15. The summed E-state index contributed by atoms with van der Waals surface area (Å²) in [5.41, 5.74) is 0.874. The number of unbranched alkanes of at least 4 members (excludes halogenated alkanes) is 1. The van der Waals surface area contributed by atoms with Crippen LogP contribution in [0.2, 0.25) is 0 Å². The molecule has 2 aromatic rings.